The molecule has 23 heavy (non-hydrogen) atoms. The van der Waals surface area contributed by atoms with Crippen LogP contribution in [0.15, 0.2) is 18.2 Å². The van der Waals surface area contributed by atoms with Gasteiger partial charge in [0.25, 0.3) is 0 Å². The zero-order valence-electron chi connectivity index (χ0n) is 12.3. The third-order valence-corrected chi connectivity index (χ3v) is 3.26. The third kappa shape index (κ3) is 3.64. The fraction of sp³-hybridized carbons (Fsp3) is 0.400. The number of rotatable bonds is 7. The van der Waals surface area contributed by atoms with Gasteiger partial charge in [-0.3, -0.25) is 4.79 Å². The average molecular weight is 328 g/mol. The number of hydrogen-bond donors (Lipinski definition) is 2. The zero-order chi connectivity index (χ0) is 17.1. The second kappa shape index (κ2) is 6.58. The number of carbonyl (C=O) groups excluding carboxylic acids is 1. The standard InChI is InChI=1S/C15H15F3N2O3/c1-3-6-22-7-8-23-13-9-11(4-5-12(13)10(2)21)14(19-20-14)15(16,17)18/h1,4-5,9,19-20H,6-8H2,2H3. The van der Waals surface area contributed by atoms with E-state index in [1.54, 1.807) is 0 Å². The Morgan fingerprint density at radius 3 is 2.57 bits per heavy atom. The Labute approximate surface area is 131 Å². The van der Waals surface area contributed by atoms with Crippen LogP contribution in [0.2, 0.25) is 0 Å². The summed E-state index contributed by atoms with van der Waals surface area (Å²) in [7, 11) is 0. The molecule has 0 spiro atoms. The Hall–Kier alpha value is -2.08. The molecule has 1 aliphatic heterocycles. The zero-order valence-corrected chi connectivity index (χ0v) is 12.3. The molecule has 0 aromatic heterocycles. The summed E-state index contributed by atoms with van der Waals surface area (Å²) in [5.41, 5.74) is 2.01. The maximum absolute atomic E-state index is 13.1. The summed E-state index contributed by atoms with van der Waals surface area (Å²) < 4.78 is 49.7. The Kier molecular flexibility index (Phi) is 4.94. The van der Waals surface area contributed by atoms with E-state index in [0.29, 0.717) is 0 Å². The first-order chi connectivity index (χ1) is 10.8. The van der Waals surface area contributed by atoms with Gasteiger partial charge in [0, 0.05) is 5.56 Å². The molecule has 5 nitrogen and oxygen atoms in total. The molecule has 0 unspecified atom stereocenters. The maximum Gasteiger partial charge on any atom is 0.426 e. The first-order valence-corrected chi connectivity index (χ1v) is 6.72. The van der Waals surface area contributed by atoms with Crippen LogP contribution in [-0.2, 0) is 10.4 Å². The summed E-state index contributed by atoms with van der Waals surface area (Å²) in [6.45, 7) is 1.63. The summed E-state index contributed by atoms with van der Waals surface area (Å²) in [5, 5.41) is 0. The number of ether oxygens (including phenoxy) is 2. The van der Waals surface area contributed by atoms with E-state index in [-0.39, 0.29) is 42.5 Å². The molecule has 1 heterocycles. The number of alkyl halides is 3. The molecule has 0 amide bonds. The van der Waals surface area contributed by atoms with Gasteiger partial charge >= 0.3 is 6.18 Å². The van der Waals surface area contributed by atoms with Crippen molar-refractivity contribution in [3.8, 4) is 18.1 Å². The number of ketones is 1. The lowest BCUT2D eigenvalue weighted by atomic mass is 10.00. The number of Topliss-reactive ketones (excluding diaryl/α,β-unsaturated/α-hetero) is 1. The molecule has 8 heteroatoms. The number of hydrazine groups is 1. The first kappa shape index (κ1) is 17.3. The highest BCUT2D eigenvalue weighted by Crippen LogP contribution is 2.43. The molecular formula is C15H15F3N2O3. The summed E-state index contributed by atoms with van der Waals surface area (Å²) >= 11 is 0. The molecule has 2 rings (SSSR count). The number of benzene rings is 1. The van der Waals surface area contributed by atoms with Crippen LogP contribution in [0, 0.1) is 12.3 Å². The van der Waals surface area contributed by atoms with E-state index in [0.717, 1.165) is 0 Å². The Bertz CT molecular complexity index is 634. The predicted molar refractivity (Wildman–Crippen MR) is 75.6 cm³/mol. The molecule has 1 aliphatic rings. The van der Waals surface area contributed by atoms with Crippen molar-refractivity contribution in [1.29, 1.82) is 0 Å². The van der Waals surface area contributed by atoms with Crippen LogP contribution in [0.5, 0.6) is 5.75 Å². The summed E-state index contributed by atoms with van der Waals surface area (Å²) in [5.74, 6) is 2.03. The highest BCUT2D eigenvalue weighted by Gasteiger charge is 2.65. The topological polar surface area (TPSA) is 79.4 Å². The minimum Gasteiger partial charge on any atom is -0.490 e. The van der Waals surface area contributed by atoms with E-state index in [2.05, 4.69) is 16.8 Å². The summed E-state index contributed by atoms with van der Waals surface area (Å²) in [4.78, 5) is 11.6. The van der Waals surface area contributed by atoms with Gasteiger partial charge in [-0.1, -0.05) is 12.0 Å². The van der Waals surface area contributed by atoms with Gasteiger partial charge < -0.3 is 9.47 Å². The van der Waals surface area contributed by atoms with Gasteiger partial charge in [0.1, 0.15) is 19.0 Å². The van der Waals surface area contributed by atoms with Crippen LogP contribution in [0.4, 0.5) is 13.2 Å². The average Bonchev–Trinajstić information content (AvgIpc) is 3.28. The van der Waals surface area contributed by atoms with Gasteiger partial charge in [-0.2, -0.15) is 13.2 Å². The van der Waals surface area contributed by atoms with Crippen LogP contribution in [0.1, 0.15) is 22.8 Å². The van der Waals surface area contributed by atoms with Crippen LogP contribution in [-0.4, -0.2) is 31.8 Å². The molecule has 0 radical (unpaired) electrons. The van der Waals surface area contributed by atoms with Crippen LogP contribution in [0.3, 0.4) is 0 Å². The SMILES string of the molecule is C#CCOCCOc1cc(C2(C(F)(F)F)NN2)ccc1C(C)=O. The minimum atomic E-state index is -4.53. The lowest BCUT2D eigenvalue weighted by Gasteiger charge is -2.18. The maximum atomic E-state index is 13.1. The van der Waals surface area contributed by atoms with E-state index < -0.39 is 11.8 Å². The molecule has 1 aromatic carbocycles. The highest BCUT2D eigenvalue weighted by atomic mass is 19.4. The molecule has 0 aliphatic carbocycles. The third-order valence-electron chi connectivity index (χ3n) is 3.26. The minimum absolute atomic E-state index is 0.0608. The van der Waals surface area contributed by atoms with Crippen molar-refractivity contribution < 1.29 is 27.4 Å². The quantitative estimate of drug-likeness (QED) is 0.345. The van der Waals surface area contributed by atoms with Crippen LogP contribution < -0.4 is 15.6 Å². The smallest absolute Gasteiger partial charge is 0.426 e. The summed E-state index contributed by atoms with van der Waals surface area (Å²) in [6.07, 6.45) is 0.490. The molecule has 1 aromatic rings. The number of nitrogens with one attached hydrogen (secondary N) is 2. The van der Waals surface area contributed by atoms with Gasteiger partial charge in [0.05, 0.1) is 12.2 Å². The van der Waals surface area contributed by atoms with Crippen molar-refractivity contribution in [2.45, 2.75) is 18.8 Å². The van der Waals surface area contributed by atoms with E-state index in [9.17, 15) is 18.0 Å². The lowest BCUT2D eigenvalue weighted by Crippen LogP contribution is -2.34. The second-order valence-electron chi connectivity index (χ2n) is 4.87. The molecule has 2 N–H and O–H groups in total. The van der Waals surface area contributed by atoms with Crippen LogP contribution >= 0.6 is 0 Å². The Morgan fingerprint density at radius 1 is 1.35 bits per heavy atom. The normalized spacial score (nSPS) is 15.8. The van der Waals surface area contributed by atoms with Gasteiger partial charge in [-0.05, 0) is 19.1 Å². The largest absolute Gasteiger partial charge is 0.490 e. The fourth-order valence-electron chi connectivity index (χ4n) is 2.02. The molecule has 1 fully saturated rings. The molecule has 1 saturated heterocycles. The molecule has 0 saturated carbocycles. The van der Waals surface area contributed by atoms with Gasteiger partial charge in [-0.25, -0.2) is 10.9 Å². The highest BCUT2D eigenvalue weighted by molar-refractivity contribution is 5.96. The molecule has 124 valence electrons. The number of halogens is 3. The predicted octanol–water partition coefficient (Wildman–Crippen LogP) is 1.74. The van der Waals surface area contributed by atoms with Crippen molar-refractivity contribution in [1.82, 2.24) is 10.9 Å². The van der Waals surface area contributed by atoms with E-state index in [4.69, 9.17) is 15.9 Å². The Balaban J connectivity index is 2.20. The molecule has 0 bridgehead atoms. The fourth-order valence-corrected chi connectivity index (χ4v) is 2.02. The van der Waals surface area contributed by atoms with Crippen LogP contribution in [0.25, 0.3) is 0 Å². The first-order valence-electron chi connectivity index (χ1n) is 6.72. The van der Waals surface area contributed by atoms with Crippen molar-refractivity contribution in [3.05, 3.63) is 29.3 Å². The Morgan fingerprint density at radius 2 is 2.04 bits per heavy atom. The van der Waals surface area contributed by atoms with E-state index in [1.807, 2.05) is 0 Å². The second-order valence-corrected chi connectivity index (χ2v) is 4.87. The lowest BCUT2D eigenvalue weighted by molar-refractivity contribution is -0.165. The van der Waals surface area contributed by atoms with E-state index in [1.165, 1.54) is 25.1 Å². The van der Waals surface area contributed by atoms with Gasteiger partial charge in [0.2, 0.25) is 5.66 Å². The van der Waals surface area contributed by atoms with Gasteiger partial charge in [0.15, 0.2) is 5.78 Å². The van der Waals surface area contributed by atoms with E-state index >= 15 is 0 Å². The molecule has 0 atom stereocenters. The van der Waals surface area contributed by atoms with Gasteiger partial charge in [-0.15, -0.1) is 6.42 Å². The number of hydrogen-bond acceptors (Lipinski definition) is 5. The number of carbonyl (C=O) groups is 1. The van der Waals surface area contributed by atoms with Crippen molar-refractivity contribution >= 4 is 5.78 Å². The van der Waals surface area contributed by atoms with Crippen molar-refractivity contribution in [3.63, 3.8) is 0 Å². The van der Waals surface area contributed by atoms with Crippen molar-refractivity contribution in [2.24, 2.45) is 0 Å². The van der Waals surface area contributed by atoms with Crippen molar-refractivity contribution in [2.75, 3.05) is 19.8 Å². The number of terminal acetylenes is 1. The monoisotopic (exact) mass is 328 g/mol. The molecular weight excluding hydrogens is 313 g/mol. The summed E-state index contributed by atoms with van der Waals surface area (Å²) in [6, 6.07) is 3.74.